The highest BCUT2D eigenvalue weighted by Gasteiger charge is 2.36. The van der Waals surface area contributed by atoms with E-state index in [0.29, 0.717) is 28.5 Å². The van der Waals surface area contributed by atoms with Crippen LogP contribution in [-0.4, -0.2) is 30.8 Å². The Morgan fingerprint density at radius 1 is 1.14 bits per heavy atom. The second kappa shape index (κ2) is 8.63. The minimum atomic E-state index is -0.565. The van der Waals surface area contributed by atoms with E-state index >= 15 is 0 Å². The summed E-state index contributed by atoms with van der Waals surface area (Å²) in [6.07, 6.45) is 0.0536. The minimum absolute atomic E-state index is 0.0536. The second-order valence-corrected chi connectivity index (χ2v) is 7.16. The lowest BCUT2D eigenvalue weighted by Gasteiger charge is -2.19. The van der Waals surface area contributed by atoms with E-state index in [0.717, 1.165) is 0 Å². The first-order chi connectivity index (χ1) is 13.4. The lowest BCUT2D eigenvalue weighted by Crippen LogP contribution is -2.29. The highest BCUT2D eigenvalue weighted by Crippen LogP contribution is 2.36. The molecule has 2 aromatic rings. The number of para-hydroxylation sites is 1. The smallest absolute Gasteiger partial charge is 0.253 e. The van der Waals surface area contributed by atoms with Crippen molar-refractivity contribution in [3.8, 4) is 0 Å². The molecule has 1 atom stereocenters. The average Bonchev–Trinajstić information content (AvgIpc) is 3.06. The molecule has 146 valence electrons. The summed E-state index contributed by atoms with van der Waals surface area (Å²) in [5.74, 6) is -1.37. The summed E-state index contributed by atoms with van der Waals surface area (Å²) in [7, 11) is 0. The molecule has 1 heterocycles. The summed E-state index contributed by atoms with van der Waals surface area (Å²) in [5, 5.41) is 6.11. The number of carbonyl (C=O) groups excluding carboxylic acids is 3. The Hall–Kier alpha value is -2.57. The van der Waals surface area contributed by atoms with Gasteiger partial charge in [0.2, 0.25) is 11.8 Å². The van der Waals surface area contributed by atoms with Gasteiger partial charge in [0.15, 0.2) is 0 Å². The van der Waals surface area contributed by atoms with Crippen molar-refractivity contribution in [2.75, 3.05) is 23.3 Å². The average molecular weight is 420 g/mol. The molecule has 8 heteroatoms. The van der Waals surface area contributed by atoms with Gasteiger partial charge in [0.05, 0.1) is 32.9 Å². The first kappa shape index (κ1) is 20.2. The van der Waals surface area contributed by atoms with Crippen LogP contribution >= 0.6 is 23.2 Å². The summed E-state index contributed by atoms with van der Waals surface area (Å²) < 4.78 is 0. The Labute approximate surface area is 172 Å². The molecule has 1 fully saturated rings. The molecule has 2 aromatic carbocycles. The topological polar surface area (TPSA) is 78.5 Å². The summed E-state index contributed by atoms with van der Waals surface area (Å²) in [6.45, 7) is 2.49. The Bertz CT molecular complexity index is 933. The second-order valence-electron chi connectivity index (χ2n) is 6.37. The Morgan fingerprint density at radius 2 is 1.89 bits per heavy atom. The minimum Gasteiger partial charge on any atom is -0.352 e. The predicted octanol–water partition coefficient (Wildman–Crippen LogP) is 3.73. The van der Waals surface area contributed by atoms with Crippen molar-refractivity contribution in [2.24, 2.45) is 5.92 Å². The van der Waals surface area contributed by atoms with Crippen LogP contribution in [0, 0.1) is 5.92 Å². The van der Waals surface area contributed by atoms with Gasteiger partial charge in [0, 0.05) is 19.5 Å². The van der Waals surface area contributed by atoms with Crippen LogP contribution in [0.25, 0.3) is 0 Å². The maximum atomic E-state index is 12.7. The number of amides is 3. The van der Waals surface area contributed by atoms with Crippen LogP contribution < -0.4 is 15.5 Å². The summed E-state index contributed by atoms with van der Waals surface area (Å²) >= 11 is 12.2. The molecule has 28 heavy (non-hydrogen) atoms. The number of hydrogen-bond acceptors (Lipinski definition) is 3. The monoisotopic (exact) mass is 419 g/mol. The van der Waals surface area contributed by atoms with Gasteiger partial charge in [-0.05, 0) is 31.2 Å². The number of carbonyl (C=O) groups is 3. The van der Waals surface area contributed by atoms with E-state index in [-0.39, 0.29) is 35.7 Å². The quantitative estimate of drug-likeness (QED) is 0.774. The van der Waals surface area contributed by atoms with E-state index in [2.05, 4.69) is 10.6 Å². The van der Waals surface area contributed by atoms with Crippen LogP contribution in [-0.2, 0) is 9.59 Å². The van der Waals surface area contributed by atoms with Gasteiger partial charge in [-0.3, -0.25) is 14.4 Å². The summed E-state index contributed by atoms with van der Waals surface area (Å²) in [5.41, 5.74) is 1.26. The number of halogens is 2. The third-order valence-corrected chi connectivity index (χ3v) is 5.29. The van der Waals surface area contributed by atoms with Crippen molar-refractivity contribution in [1.29, 1.82) is 0 Å². The normalized spacial score (nSPS) is 16.2. The lowest BCUT2D eigenvalue weighted by atomic mass is 10.1. The van der Waals surface area contributed by atoms with Crippen molar-refractivity contribution in [3.05, 3.63) is 58.1 Å². The predicted molar refractivity (Wildman–Crippen MR) is 110 cm³/mol. The third-order valence-electron chi connectivity index (χ3n) is 4.48. The van der Waals surface area contributed by atoms with Crippen molar-refractivity contribution < 1.29 is 14.4 Å². The molecule has 3 rings (SSSR count). The van der Waals surface area contributed by atoms with Crippen molar-refractivity contribution >= 4 is 52.3 Å². The van der Waals surface area contributed by atoms with Gasteiger partial charge >= 0.3 is 0 Å². The number of rotatable bonds is 5. The molecule has 0 aromatic heterocycles. The van der Waals surface area contributed by atoms with Crippen LogP contribution in [0.2, 0.25) is 10.0 Å². The fraction of sp³-hybridized carbons (Fsp3) is 0.250. The van der Waals surface area contributed by atoms with E-state index in [1.165, 1.54) is 4.90 Å². The highest BCUT2D eigenvalue weighted by atomic mass is 35.5. The van der Waals surface area contributed by atoms with E-state index in [9.17, 15) is 14.4 Å². The van der Waals surface area contributed by atoms with Crippen LogP contribution in [0.4, 0.5) is 11.4 Å². The largest absolute Gasteiger partial charge is 0.352 e. The number of hydrogen-bond donors (Lipinski definition) is 2. The fourth-order valence-corrected chi connectivity index (χ4v) is 3.50. The molecule has 0 saturated carbocycles. The first-order valence-corrected chi connectivity index (χ1v) is 9.60. The van der Waals surface area contributed by atoms with E-state index in [1.807, 2.05) is 6.92 Å². The van der Waals surface area contributed by atoms with Gasteiger partial charge in [-0.25, -0.2) is 0 Å². The molecule has 0 bridgehead atoms. The molecule has 0 spiro atoms. The van der Waals surface area contributed by atoms with E-state index in [1.54, 1.807) is 42.5 Å². The zero-order chi connectivity index (χ0) is 20.3. The van der Waals surface area contributed by atoms with Gasteiger partial charge in [-0.15, -0.1) is 0 Å². The van der Waals surface area contributed by atoms with Gasteiger partial charge in [0.1, 0.15) is 0 Å². The van der Waals surface area contributed by atoms with Gasteiger partial charge in [-0.2, -0.15) is 0 Å². The maximum Gasteiger partial charge on any atom is 0.253 e. The Kier molecular flexibility index (Phi) is 6.21. The van der Waals surface area contributed by atoms with Gasteiger partial charge in [0.25, 0.3) is 5.91 Å². The molecule has 6 nitrogen and oxygen atoms in total. The Morgan fingerprint density at radius 3 is 2.64 bits per heavy atom. The molecular formula is C20H19Cl2N3O3. The summed E-state index contributed by atoms with van der Waals surface area (Å²) in [6, 6.07) is 11.8. The van der Waals surface area contributed by atoms with E-state index < -0.39 is 5.92 Å². The van der Waals surface area contributed by atoms with E-state index in [4.69, 9.17) is 23.2 Å². The first-order valence-electron chi connectivity index (χ1n) is 8.84. The van der Waals surface area contributed by atoms with Crippen LogP contribution in [0.5, 0.6) is 0 Å². The van der Waals surface area contributed by atoms with Crippen molar-refractivity contribution in [1.82, 2.24) is 5.32 Å². The zero-order valence-corrected chi connectivity index (χ0v) is 16.7. The number of nitrogens with one attached hydrogen (secondary N) is 2. The highest BCUT2D eigenvalue weighted by molar-refractivity contribution is 6.44. The number of anilines is 2. The van der Waals surface area contributed by atoms with Crippen LogP contribution in [0.3, 0.4) is 0 Å². The molecule has 1 aliphatic heterocycles. The lowest BCUT2D eigenvalue weighted by molar-refractivity contribution is -0.122. The van der Waals surface area contributed by atoms with Crippen molar-refractivity contribution in [3.63, 3.8) is 0 Å². The molecule has 0 radical (unpaired) electrons. The zero-order valence-electron chi connectivity index (χ0n) is 15.2. The van der Waals surface area contributed by atoms with Crippen molar-refractivity contribution in [2.45, 2.75) is 13.3 Å². The third kappa shape index (κ3) is 4.13. The number of nitrogens with zero attached hydrogens (tertiary/aromatic N) is 1. The molecule has 1 saturated heterocycles. The molecule has 1 aliphatic rings. The fourth-order valence-electron chi connectivity index (χ4n) is 3.10. The number of benzene rings is 2. The molecule has 0 aliphatic carbocycles. The maximum absolute atomic E-state index is 12.7. The van der Waals surface area contributed by atoms with Crippen LogP contribution in [0.1, 0.15) is 23.7 Å². The molecule has 0 unspecified atom stereocenters. The standard InChI is InChI=1S/C20H19Cl2N3O3/c1-2-23-20(28)13-6-3-4-8-15(13)24-19(27)12-10-17(26)25(11-12)16-9-5-7-14(21)18(16)22/h3-9,12H,2,10-11H2,1H3,(H,23,28)(H,24,27)/t12-/m1/s1. The molecule has 3 amide bonds. The van der Waals surface area contributed by atoms with Crippen LogP contribution in [0.15, 0.2) is 42.5 Å². The SMILES string of the molecule is CCNC(=O)c1ccccc1NC(=O)[C@@H]1CC(=O)N(c2cccc(Cl)c2Cl)C1. The van der Waals surface area contributed by atoms with Gasteiger partial charge in [-0.1, -0.05) is 41.4 Å². The van der Waals surface area contributed by atoms with Gasteiger partial charge < -0.3 is 15.5 Å². The summed E-state index contributed by atoms with van der Waals surface area (Å²) in [4.78, 5) is 38.8. The Balaban J connectivity index is 1.76. The molecule has 2 N–H and O–H groups in total. The molecular weight excluding hydrogens is 401 g/mol.